The number of hydrogen-bond acceptors (Lipinski definition) is 3. The van der Waals surface area contributed by atoms with Crippen molar-refractivity contribution in [1.82, 2.24) is 15.5 Å². The van der Waals surface area contributed by atoms with Gasteiger partial charge in [-0.3, -0.25) is 9.89 Å². The van der Waals surface area contributed by atoms with Crippen LogP contribution in [0.2, 0.25) is 0 Å². The fraction of sp³-hybridized carbons (Fsp3) is 0.312. The van der Waals surface area contributed by atoms with Crippen LogP contribution < -0.4 is 5.32 Å². The maximum Gasteiger partial charge on any atom is 0.329 e. The lowest BCUT2D eigenvalue weighted by Gasteiger charge is -2.25. The average Bonchev–Trinajstić information content (AvgIpc) is 2.98. The van der Waals surface area contributed by atoms with Gasteiger partial charge in [-0.1, -0.05) is 13.3 Å². The standard InChI is InChI=1S/C16H18FN3O3/c1-3-8-16(2,15(22)23)18-14(21)13-9-12(19-20-13)10-4-6-11(17)7-5-10/h4-7,9H,3,8H2,1-2H3,(H,18,21)(H,19,20)(H,22,23). The zero-order chi connectivity index (χ0) is 17.0. The summed E-state index contributed by atoms with van der Waals surface area (Å²) in [5, 5.41) is 18.4. The van der Waals surface area contributed by atoms with Gasteiger partial charge in [0.25, 0.3) is 5.91 Å². The van der Waals surface area contributed by atoms with E-state index in [1.165, 1.54) is 25.1 Å². The topological polar surface area (TPSA) is 95.1 Å². The Kier molecular flexibility index (Phi) is 4.78. The van der Waals surface area contributed by atoms with E-state index in [1.54, 1.807) is 12.1 Å². The second-order valence-electron chi connectivity index (χ2n) is 5.52. The zero-order valence-corrected chi connectivity index (χ0v) is 12.9. The molecule has 1 atom stereocenters. The van der Waals surface area contributed by atoms with Crippen molar-refractivity contribution in [2.75, 3.05) is 0 Å². The van der Waals surface area contributed by atoms with Crippen LogP contribution in [0.3, 0.4) is 0 Å². The van der Waals surface area contributed by atoms with Crippen molar-refractivity contribution in [3.8, 4) is 11.3 Å². The van der Waals surface area contributed by atoms with Gasteiger partial charge in [0.15, 0.2) is 0 Å². The van der Waals surface area contributed by atoms with Crippen molar-refractivity contribution in [2.24, 2.45) is 0 Å². The molecule has 23 heavy (non-hydrogen) atoms. The van der Waals surface area contributed by atoms with Crippen LogP contribution in [-0.2, 0) is 4.79 Å². The molecule has 0 fully saturated rings. The van der Waals surface area contributed by atoms with Crippen LogP contribution in [0, 0.1) is 5.82 Å². The number of H-pyrrole nitrogens is 1. The van der Waals surface area contributed by atoms with Crippen molar-refractivity contribution in [2.45, 2.75) is 32.2 Å². The van der Waals surface area contributed by atoms with E-state index >= 15 is 0 Å². The summed E-state index contributed by atoms with van der Waals surface area (Å²) in [6, 6.07) is 7.19. The second kappa shape index (κ2) is 6.60. The third kappa shape index (κ3) is 3.74. The number of carboxylic acid groups (broad SMARTS) is 1. The van der Waals surface area contributed by atoms with Crippen LogP contribution in [0.4, 0.5) is 4.39 Å². The monoisotopic (exact) mass is 319 g/mol. The Hall–Kier alpha value is -2.70. The van der Waals surface area contributed by atoms with E-state index < -0.39 is 17.4 Å². The number of amides is 1. The van der Waals surface area contributed by atoms with Crippen molar-refractivity contribution in [3.05, 3.63) is 41.8 Å². The normalized spacial score (nSPS) is 13.3. The van der Waals surface area contributed by atoms with E-state index in [4.69, 9.17) is 0 Å². The van der Waals surface area contributed by atoms with Gasteiger partial charge in [0.2, 0.25) is 0 Å². The lowest BCUT2D eigenvalue weighted by atomic mass is 9.96. The summed E-state index contributed by atoms with van der Waals surface area (Å²) < 4.78 is 12.9. The van der Waals surface area contributed by atoms with Gasteiger partial charge in [-0.25, -0.2) is 9.18 Å². The number of rotatable bonds is 6. The molecule has 0 bridgehead atoms. The molecule has 0 radical (unpaired) electrons. The summed E-state index contributed by atoms with van der Waals surface area (Å²) in [4.78, 5) is 23.6. The van der Waals surface area contributed by atoms with Gasteiger partial charge in [-0.15, -0.1) is 0 Å². The highest BCUT2D eigenvalue weighted by molar-refractivity contribution is 5.97. The van der Waals surface area contributed by atoms with E-state index in [0.29, 0.717) is 24.1 Å². The molecule has 2 aromatic rings. The summed E-state index contributed by atoms with van der Waals surface area (Å²) >= 11 is 0. The smallest absolute Gasteiger partial charge is 0.329 e. The van der Waals surface area contributed by atoms with Gasteiger partial charge in [-0.05, 0) is 43.7 Å². The van der Waals surface area contributed by atoms with Crippen LogP contribution in [0.5, 0.6) is 0 Å². The molecule has 1 heterocycles. The zero-order valence-electron chi connectivity index (χ0n) is 12.9. The summed E-state index contributed by atoms with van der Waals surface area (Å²) in [6.07, 6.45) is 0.930. The summed E-state index contributed by atoms with van der Waals surface area (Å²) in [5.41, 5.74) is -0.0701. The Bertz CT molecular complexity index is 712. The van der Waals surface area contributed by atoms with E-state index in [9.17, 15) is 19.1 Å². The first kappa shape index (κ1) is 16.7. The summed E-state index contributed by atoms with van der Waals surface area (Å²) in [7, 11) is 0. The second-order valence-corrected chi connectivity index (χ2v) is 5.52. The number of benzene rings is 1. The number of nitrogens with one attached hydrogen (secondary N) is 2. The van der Waals surface area contributed by atoms with Gasteiger partial charge in [0, 0.05) is 5.56 Å². The van der Waals surface area contributed by atoms with Gasteiger partial charge < -0.3 is 10.4 Å². The Morgan fingerprint density at radius 1 is 1.35 bits per heavy atom. The molecule has 0 aliphatic heterocycles. The number of hydrogen-bond donors (Lipinski definition) is 3. The predicted molar refractivity (Wildman–Crippen MR) is 82.4 cm³/mol. The maximum absolute atomic E-state index is 12.9. The molecule has 1 amide bonds. The quantitative estimate of drug-likeness (QED) is 0.762. The van der Waals surface area contributed by atoms with Gasteiger partial charge in [0.05, 0.1) is 5.69 Å². The third-order valence-corrected chi connectivity index (χ3v) is 3.57. The molecule has 0 spiro atoms. The summed E-state index contributed by atoms with van der Waals surface area (Å²) in [5.74, 6) is -2.01. The lowest BCUT2D eigenvalue weighted by Crippen LogP contribution is -2.52. The lowest BCUT2D eigenvalue weighted by molar-refractivity contribution is -0.144. The molecule has 2 rings (SSSR count). The van der Waals surface area contributed by atoms with E-state index in [0.717, 1.165) is 0 Å². The highest BCUT2D eigenvalue weighted by Gasteiger charge is 2.34. The minimum absolute atomic E-state index is 0.146. The van der Waals surface area contributed by atoms with Crippen molar-refractivity contribution in [3.63, 3.8) is 0 Å². The number of aliphatic carboxylic acids is 1. The van der Waals surface area contributed by atoms with E-state index in [2.05, 4.69) is 15.5 Å². The first-order valence-electron chi connectivity index (χ1n) is 7.23. The fourth-order valence-electron chi connectivity index (χ4n) is 2.25. The highest BCUT2D eigenvalue weighted by atomic mass is 19.1. The molecule has 0 saturated carbocycles. The van der Waals surface area contributed by atoms with Crippen LogP contribution >= 0.6 is 0 Å². The van der Waals surface area contributed by atoms with E-state index in [-0.39, 0.29) is 11.5 Å². The molecule has 0 aliphatic carbocycles. The van der Waals surface area contributed by atoms with Gasteiger partial charge in [-0.2, -0.15) is 5.10 Å². The molecule has 1 unspecified atom stereocenters. The number of aromatic amines is 1. The largest absolute Gasteiger partial charge is 0.480 e. The predicted octanol–water partition coefficient (Wildman–Crippen LogP) is 2.59. The van der Waals surface area contributed by atoms with Crippen molar-refractivity contribution < 1.29 is 19.1 Å². The van der Waals surface area contributed by atoms with Crippen LogP contribution in [0.1, 0.15) is 37.2 Å². The molecule has 1 aromatic carbocycles. The number of carboxylic acids is 1. The Morgan fingerprint density at radius 2 is 2.00 bits per heavy atom. The van der Waals surface area contributed by atoms with Crippen LogP contribution in [-0.4, -0.2) is 32.7 Å². The minimum Gasteiger partial charge on any atom is -0.480 e. The highest BCUT2D eigenvalue weighted by Crippen LogP contribution is 2.19. The molecular formula is C16H18FN3O3. The Morgan fingerprint density at radius 3 is 2.57 bits per heavy atom. The first-order valence-corrected chi connectivity index (χ1v) is 7.23. The minimum atomic E-state index is -1.34. The number of carbonyl (C=O) groups excluding carboxylic acids is 1. The SMILES string of the molecule is CCCC(C)(NC(=O)c1cc(-c2ccc(F)cc2)n[nH]1)C(=O)O. The first-order chi connectivity index (χ1) is 10.9. The van der Waals surface area contributed by atoms with Crippen LogP contribution in [0.15, 0.2) is 30.3 Å². The summed E-state index contributed by atoms with van der Waals surface area (Å²) in [6.45, 7) is 3.31. The van der Waals surface area contributed by atoms with Crippen molar-refractivity contribution >= 4 is 11.9 Å². The molecule has 3 N–H and O–H groups in total. The molecule has 122 valence electrons. The van der Waals surface area contributed by atoms with E-state index in [1.807, 2.05) is 6.92 Å². The maximum atomic E-state index is 12.9. The average molecular weight is 319 g/mol. The molecule has 0 saturated heterocycles. The number of nitrogens with zero attached hydrogens (tertiary/aromatic N) is 1. The third-order valence-electron chi connectivity index (χ3n) is 3.57. The molecule has 7 heteroatoms. The number of aromatic nitrogens is 2. The fourth-order valence-corrected chi connectivity index (χ4v) is 2.25. The number of carbonyl (C=O) groups is 2. The Labute approximate surface area is 132 Å². The molecule has 1 aromatic heterocycles. The van der Waals surface area contributed by atoms with Gasteiger partial charge in [0.1, 0.15) is 17.1 Å². The molecule has 6 nitrogen and oxygen atoms in total. The number of halogens is 1. The Balaban J connectivity index is 2.18. The van der Waals surface area contributed by atoms with Crippen LogP contribution in [0.25, 0.3) is 11.3 Å². The molecule has 0 aliphatic rings. The van der Waals surface area contributed by atoms with Crippen molar-refractivity contribution in [1.29, 1.82) is 0 Å². The molecular weight excluding hydrogens is 301 g/mol. The van der Waals surface area contributed by atoms with Gasteiger partial charge >= 0.3 is 5.97 Å².